The summed E-state index contributed by atoms with van der Waals surface area (Å²) < 4.78 is 24.4. The molecule has 1 N–H and O–H groups in total. The van der Waals surface area contributed by atoms with Crippen LogP contribution in [0.4, 0.5) is 4.39 Å². The van der Waals surface area contributed by atoms with Crippen LogP contribution < -0.4 is 14.8 Å². The third-order valence-electron chi connectivity index (χ3n) is 3.70. The first-order valence-electron chi connectivity index (χ1n) is 7.40. The van der Waals surface area contributed by atoms with Crippen molar-refractivity contribution in [3.63, 3.8) is 0 Å². The standard InChI is InChI=1S/C18H15ClFNO3S/c1-23-13-6-3-10(7-14(13)24-2)9-21-18(22)17-16(19)12-5-4-11(20)8-15(12)25-17/h3-8H,9H2,1-2H3,(H,21,22). The molecule has 0 saturated carbocycles. The zero-order chi connectivity index (χ0) is 18.0. The Labute approximate surface area is 153 Å². The van der Waals surface area contributed by atoms with Gasteiger partial charge in [0.05, 0.1) is 19.2 Å². The van der Waals surface area contributed by atoms with Crippen molar-refractivity contribution in [3.05, 3.63) is 57.7 Å². The third kappa shape index (κ3) is 3.55. The summed E-state index contributed by atoms with van der Waals surface area (Å²) in [5, 5.41) is 3.83. The van der Waals surface area contributed by atoms with E-state index in [2.05, 4.69) is 5.32 Å². The molecule has 0 atom stereocenters. The molecule has 2 aromatic carbocycles. The van der Waals surface area contributed by atoms with Crippen molar-refractivity contribution >= 4 is 38.9 Å². The Morgan fingerprint density at radius 1 is 1.16 bits per heavy atom. The van der Waals surface area contributed by atoms with Crippen LogP contribution in [0.25, 0.3) is 10.1 Å². The maximum absolute atomic E-state index is 13.3. The Hall–Kier alpha value is -2.31. The van der Waals surface area contributed by atoms with Crippen LogP contribution in [0, 0.1) is 5.82 Å². The first kappa shape index (κ1) is 17.5. The maximum Gasteiger partial charge on any atom is 0.263 e. The lowest BCUT2D eigenvalue weighted by atomic mass is 10.2. The highest BCUT2D eigenvalue weighted by atomic mass is 35.5. The molecule has 130 valence electrons. The van der Waals surface area contributed by atoms with Crippen LogP contribution in [0.15, 0.2) is 36.4 Å². The van der Waals surface area contributed by atoms with Gasteiger partial charge in [0.1, 0.15) is 10.7 Å². The molecule has 1 heterocycles. The second-order valence-corrected chi connectivity index (χ2v) is 6.69. The summed E-state index contributed by atoms with van der Waals surface area (Å²) in [5.74, 6) is 0.542. The number of rotatable bonds is 5. The van der Waals surface area contributed by atoms with Crippen LogP contribution in [0.3, 0.4) is 0 Å². The average Bonchev–Trinajstić information content (AvgIpc) is 2.95. The summed E-state index contributed by atoms with van der Waals surface area (Å²) in [5.41, 5.74) is 0.856. The lowest BCUT2D eigenvalue weighted by Gasteiger charge is -2.10. The highest BCUT2D eigenvalue weighted by Gasteiger charge is 2.17. The molecule has 0 fully saturated rings. The minimum atomic E-state index is -0.359. The van der Waals surface area contributed by atoms with E-state index in [4.69, 9.17) is 21.1 Å². The second kappa shape index (κ2) is 7.29. The molecular formula is C18H15ClFNO3S. The molecule has 0 aliphatic carbocycles. The summed E-state index contributed by atoms with van der Waals surface area (Å²) in [6, 6.07) is 9.68. The number of nitrogens with one attached hydrogen (secondary N) is 1. The molecule has 3 rings (SSSR count). The van der Waals surface area contributed by atoms with Crippen molar-refractivity contribution in [2.75, 3.05) is 14.2 Å². The smallest absolute Gasteiger partial charge is 0.263 e. The molecule has 1 amide bonds. The van der Waals surface area contributed by atoms with Gasteiger partial charge in [0, 0.05) is 16.6 Å². The van der Waals surface area contributed by atoms with Crippen molar-refractivity contribution in [1.29, 1.82) is 0 Å². The SMILES string of the molecule is COc1ccc(CNC(=O)c2sc3cc(F)ccc3c2Cl)cc1OC. The number of hydrogen-bond donors (Lipinski definition) is 1. The Kier molecular flexibility index (Phi) is 5.11. The molecule has 0 radical (unpaired) electrons. The van der Waals surface area contributed by atoms with Crippen molar-refractivity contribution in [1.82, 2.24) is 5.32 Å². The Morgan fingerprint density at radius 3 is 2.64 bits per heavy atom. The first-order valence-corrected chi connectivity index (χ1v) is 8.59. The number of amides is 1. The first-order chi connectivity index (χ1) is 12.0. The van der Waals surface area contributed by atoms with Gasteiger partial charge in [-0.3, -0.25) is 4.79 Å². The molecule has 1 aromatic heterocycles. The van der Waals surface area contributed by atoms with E-state index in [9.17, 15) is 9.18 Å². The lowest BCUT2D eigenvalue weighted by molar-refractivity contribution is 0.0955. The van der Waals surface area contributed by atoms with Gasteiger partial charge < -0.3 is 14.8 Å². The van der Waals surface area contributed by atoms with E-state index < -0.39 is 0 Å². The fraction of sp³-hybridized carbons (Fsp3) is 0.167. The number of methoxy groups -OCH3 is 2. The van der Waals surface area contributed by atoms with E-state index in [-0.39, 0.29) is 11.7 Å². The van der Waals surface area contributed by atoms with E-state index in [1.54, 1.807) is 32.4 Å². The molecule has 0 saturated heterocycles. The molecule has 0 bridgehead atoms. The summed E-state index contributed by atoms with van der Waals surface area (Å²) in [4.78, 5) is 12.8. The number of hydrogen-bond acceptors (Lipinski definition) is 4. The van der Waals surface area contributed by atoms with E-state index in [1.165, 1.54) is 23.5 Å². The Balaban J connectivity index is 1.78. The summed E-state index contributed by atoms with van der Waals surface area (Å²) in [7, 11) is 3.11. The molecule has 0 unspecified atom stereocenters. The summed E-state index contributed by atoms with van der Waals surface area (Å²) in [6.07, 6.45) is 0. The van der Waals surface area contributed by atoms with E-state index in [1.807, 2.05) is 6.07 Å². The predicted molar refractivity (Wildman–Crippen MR) is 97.5 cm³/mol. The number of fused-ring (bicyclic) bond motifs is 1. The van der Waals surface area contributed by atoms with Crippen LogP contribution in [-0.4, -0.2) is 20.1 Å². The molecular weight excluding hydrogens is 365 g/mol. The molecule has 0 aliphatic rings. The topological polar surface area (TPSA) is 47.6 Å². The van der Waals surface area contributed by atoms with Gasteiger partial charge in [0.2, 0.25) is 0 Å². The van der Waals surface area contributed by atoms with Crippen LogP contribution in [-0.2, 0) is 6.54 Å². The van der Waals surface area contributed by atoms with Gasteiger partial charge in [0.25, 0.3) is 5.91 Å². The average molecular weight is 380 g/mol. The van der Waals surface area contributed by atoms with Crippen LogP contribution in [0.2, 0.25) is 5.02 Å². The molecule has 4 nitrogen and oxygen atoms in total. The molecule has 25 heavy (non-hydrogen) atoms. The van der Waals surface area contributed by atoms with Gasteiger partial charge in [-0.1, -0.05) is 17.7 Å². The number of carbonyl (C=O) groups is 1. The van der Waals surface area contributed by atoms with E-state index in [0.29, 0.717) is 38.0 Å². The highest BCUT2D eigenvalue weighted by molar-refractivity contribution is 7.21. The lowest BCUT2D eigenvalue weighted by Crippen LogP contribution is -2.22. The monoisotopic (exact) mass is 379 g/mol. The predicted octanol–water partition coefficient (Wildman–Crippen LogP) is 4.64. The normalized spacial score (nSPS) is 10.7. The van der Waals surface area contributed by atoms with Gasteiger partial charge in [-0.15, -0.1) is 11.3 Å². The van der Waals surface area contributed by atoms with Crippen LogP contribution >= 0.6 is 22.9 Å². The van der Waals surface area contributed by atoms with Gasteiger partial charge in [-0.2, -0.15) is 0 Å². The molecule has 7 heteroatoms. The van der Waals surface area contributed by atoms with Gasteiger partial charge in [-0.25, -0.2) is 4.39 Å². The summed E-state index contributed by atoms with van der Waals surface area (Å²) in [6.45, 7) is 0.304. The Bertz CT molecular complexity index is 941. The van der Waals surface area contributed by atoms with Gasteiger partial charge in [0.15, 0.2) is 11.5 Å². The van der Waals surface area contributed by atoms with Crippen LogP contribution in [0.1, 0.15) is 15.2 Å². The minimum absolute atomic E-state index is 0.304. The number of carbonyl (C=O) groups excluding carboxylic acids is 1. The highest BCUT2D eigenvalue weighted by Crippen LogP contribution is 2.35. The van der Waals surface area contributed by atoms with E-state index in [0.717, 1.165) is 5.56 Å². The number of benzene rings is 2. The maximum atomic E-state index is 13.3. The summed E-state index contributed by atoms with van der Waals surface area (Å²) >= 11 is 7.43. The van der Waals surface area contributed by atoms with Crippen molar-refractivity contribution in [2.45, 2.75) is 6.54 Å². The number of thiophene rings is 1. The van der Waals surface area contributed by atoms with Gasteiger partial charge in [-0.05, 0) is 35.9 Å². The fourth-order valence-corrected chi connectivity index (χ4v) is 3.90. The van der Waals surface area contributed by atoms with Crippen molar-refractivity contribution in [3.8, 4) is 11.5 Å². The van der Waals surface area contributed by atoms with Gasteiger partial charge >= 0.3 is 0 Å². The van der Waals surface area contributed by atoms with Crippen LogP contribution in [0.5, 0.6) is 11.5 Å². The zero-order valence-corrected chi connectivity index (χ0v) is 15.1. The molecule has 0 aliphatic heterocycles. The van der Waals surface area contributed by atoms with Crippen molar-refractivity contribution in [2.24, 2.45) is 0 Å². The minimum Gasteiger partial charge on any atom is -0.493 e. The second-order valence-electron chi connectivity index (χ2n) is 5.26. The fourth-order valence-electron chi connectivity index (χ4n) is 2.44. The third-order valence-corrected chi connectivity index (χ3v) is 5.35. The van der Waals surface area contributed by atoms with Crippen molar-refractivity contribution < 1.29 is 18.7 Å². The van der Waals surface area contributed by atoms with E-state index >= 15 is 0 Å². The molecule has 3 aromatic rings. The number of ether oxygens (including phenoxy) is 2. The zero-order valence-electron chi connectivity index (χ0n) is 13.6. The quantitative estimate of drug-likeness (QED) is 0.702. The number of halogens is 2. The largest absolute Gasteiger partial charge is 0.493 e. The Morgan fingerprint density at radius 2 is 1.92 bits per heavy atom. The molecule has 0 spiro atoms.